The van der Waals surface area contributed by atoms with Crippen LogP contribution in [0.3, 0.4) is 0 Å². The quantitative estimate of drug-likeness (QED) is 0.388. The second-order valence-corrected chi connectivity index (χ2v) is 8.78. The van der Waals surface area contributed by atoms with Gasteiger partial charge in [0, 0.05) is 11.8 Å². The molecule has 0 aliphatic carbocycles. The summed E-state index contributed by atoms with van der Waals surface area (Å²) in [7, 11) is 3.17. The molecule has 4 rings (SSSR count). The smallest absolute Gasteiger partial charge is 0.283 e. The molecule has 0 unspecified atom stereocenters. The molecule has 3 aromatic rings. The third-order valence-corrected chi connectivity index (χ3v) is 6.45. The predicted molar refractivity (Wildman–Crippen MR) is 136 cm³/mol. The lowest BCUT2D eigenvalue weighted by molar-refractivity contribution is -0.113. The number of amidine groups is 1. The van der Waals surface area contributed by atoms with Gasteiger partial charge in [-0.25, -0.2) is 4.99 Å². The number of halogens is 1. The molecule has 0 saturated heterocycles. The molecule has 0 bridgehead atoms. The van der Waals surface area contributed by atoms with Crippen LogP contribution in [-0.2, 0) is 10.5 Å². The number of ether oxygens (including phenoxy) is 2. The van der Waals surface area contributed by atoms with Gasteiger partial charge in [0.25, 0.3) is 5.91 Å². The molecule has 0 atom stereocenters. The van der Waals surface area contributed by atoms with Crippen LogP contribution in [0.5, 0.6) is 11.5 Å². The lowest BCUT2D eigenvalue weighted by atomic mass is 10.2. The molecule has 0 radical (unpaired) electrons. The fraction of sp³-hybridized carbons (Fsp3) is 0.154. The Morgan fingerprint density at radius 3 is 2.39 bits per heavy atom. The van der Waals surface area contributed by atoms with E-state index in [9.17, 15) is 4.79 Å². The standard InChI is InChI=1S/C26H23ClN2O3S/c1-17-4-6-19(7-5-17)16-33-26-28-23(14-18-8-11-21(31-2)12-9-18)25(30)29(26)20-10-13-22(27)24(15-20)32-3/h4-15H,16H2,1-3H3/b23-14-. The van der Waals surface area contributed by atoms with Gasteiger partial charge in [-0.3, -0.25) is 9.69 Å². The number of methoxy groups -OCH3 is 2. The third kappa shape index (κ3) is 5.24. The molecule has 0 saturated carbocycles. The number of hydrogen-bond acceptors (Lipinski definition) is 5. The molecular weight excluding hydrogens is 456 g/mol. The molecule has 1 amide bonds. The average molecular weight is 479 g/mol. The lowest BCUT2D eigenvalue weighted by Gasteiger charge is -2.19. The van der Waals surface area contributed by atoms with Crippen molar-refractivity contribution in [2.24, 2.45) is 4.99 Å². The van der Waals surface area contributed by atoms with Crippen LogP contribution in [0.1, 0.15) is 16.7 Å². The van der Waals surface area contributed by atoms with Gasteiger partial charge < -0.3 is 9.47 Å². The van der Waals surface area contributed by atoms with Crippen LogP contribution >= 0.6 is 23.4 Å². The van der Waals surface area contributed by atoms with Gasteiger partial charge in [-0.15, -0.1) is 0 Å². The summed E-state index contributed by atoms with van der Waals surface area (Å²) in [6.45, 7) is 2.06. The fourth-order valence-corrected chi connectivity index (χ4v) is 4.46. The van der Waals surface area contributed by atoms with Crippen molar-refractivity contribution in [3.8, 4) is 11.5 Å². The predicted octanol–water partition coefficient (Wildman–Crippen LogP) is 6.34. The van der Waals surface area contributed by atoms with Crippen molar-refractivity contribution in [3.05, 3.63) is 94.1 Å². The van der Waals surface area contributed by atoms with Gasteiger partial charge in [0.2, 0.25) is 0 Å². The van der Waals surface area contributed by atoms with Crippen molar-refractivity contribution >= 4 is 46.2 Å². The van der Waals surface area contributed by atoms with Crippen molar-refractivity contribution in [2.45, 2.75) is 12.7 Å². The van der Waals surface area contributed by atoms with Crippen LogP contribution in [0.15, 0.2) is 77.4 Å². The van der Waals surface area contributed by atoms with Gasteiger partial charge in [-0.1, -0.05) is 65.3 Å². The first-order valence-electron chi connectivity index (χ1n) is 10.3. The number of benzene rings is 3. The maximum atomic E-state index is 13.4. The minimum absolute atomic E-state index is 0.207. The van der Waals surface area contributed by atoms with Crippen molar-refractivity contribution in [1.29, 1.82) is 0 Å². The summed E-state index contributed by atoms with van der Waals surface area (Å²) in [4.78, 5) is 19.7. The molecular formula is C26H23ClN2O3S. The first-order chi connectivity index (χ1) is 16.0. The Hall–Kier alpha value is -3.22. The fourth-order valence-electron chi connectivity index (χ4n) is 3.30. The highest BCUT2D eigenvalue weighted by Crippen LogP contribution is 2.35. The van der Waals surface area contributed by atoms with E-state index >= 15 is 0 Å². The Labute approximate surface area is 202 Å². The number of carbonyl (C=O) groups excluding carboxylic acids is 1. The summed E-state index contributed by atoms with van der Waals surface area (Å²) in [5.41, 5.74) is 4.23. The number of hydrogen-bond donors (Lipinski definition) is 0. The molecule has 5 nitrogen and oxygen atoms in total. The Morgan fingerprint density at radius 1 is 1.00 bits per heavy atom. The number of thioether (sulfide) groups is 1. The maximum absolute atomic E-state index is 13.4. The highest BCUT2D eigenvalue weighted by molar-refractivity contribution is 8.13. The highest BCUT2D eigenvalue weighted by atomic mass is 35.5. The second-order valence-electron chi connectivity index (χ2n) is 7.43. The molecule has 1 aliphatic rings. The summed E-state index contributed by atoms with van der Waals surface area (Å²) in [5.74, 6) is 1.73. The molecule has 1 heterocycles. The van der Waals surface area contributed by atoms with Crippen LogP contribution in [0.25, 0.3) is 6.08 Å². The zero-order valence-electron chi connectivity index (χ0n) is 18.5. The SMILES string of the molecule is COc1ccc(/C=C2\N=C(SCc3ccc(C)cc3)N(c3ccc(Cl)c(OC)c3)C2=O)cc1. The summed E-state index contributed by atoms with van der Waals surface area (Å²) in [5, 5.41) is 1.08. The number of nitrogens with zero attached hydrogens (tertiary/aromatic N) is 2. The zero-order chi connectivity index (χ0) is 23.4. The maximum Gasteiger partial charge on any atom is 0.283 e. The van der Waals surface area contributed by atoms with Crippen LogP contribution in [0.4, 0.5) is 5.69 Å². The van der Waals surface area contributed by atoms with E-state index in [-0.39, 0.29) is 5.91 Å². The zero-order valence-corrected chi connectivity index (χ0v) is 20.1. The minimum Gasteiger partial charge on any atom is -0.497 e. The molecule has 168 valence electrons. The van der Waals surface area contributed by atoms with Crippen LogP contribution in [-0.4, -0.2) is 25.3 Å². The Balaban J connectivity index is 1.67. The minimum atomic E-state index is -0.207. The number of carbonyl (C=O) groups is 1. The normalized spacial score (nSPS) is 14.5. The molecule has 33 heavy (non-hydrogen) atoms. The largest absolute Gasteiger partial charge is 0.497 e. The van der Waals surface area contributed by atoms with Crippen LogP contribution in [0.2, 0.25) is 5.02 Å². The van der Waals surface area contributed by atoms with Crippen LogP contribution in [0, 0.1) is 6.92 Å². The molecule has 1 aliphatic heterocycles. The van der Waals surface area contributed by atoms with Crippen LogP contribution < -0.4 is 14.4 Å². The molecule has 0 spiro atoms. The summed E-state index contributed by atoms with van der Waals surface area (Å²) >= 11 is 7.71. The number of rotatable bonds is 6. The van der Waals surface area contributed by atoms with E-state index in [1.807, 2.05) is 24.3 Å². The summed E-state index contributed by atoms with van der Waals surface area (Å²) in [6.07, 6.45) is 1.78. The highest BCUT2D eigenvalue weighted by Gasteiger charge is 2.32. The van der Waals surface area contributed by atoms with Gasteiger partial charge in [-0.05, 0) is 48.4 Å². The summed E-state index contributed by atoms with van der Waals surface area (Å²) < 4.78 is 10.6. The van der Waals surface area contributed by atoms with Gasteiger partial charge in [-0.2, -0.15) is 0 Å². The Kier molecular flexibility index (Phi) is 7.06. The molecule has 0 fully saturated rings. The molecule has 0 aromatic heterocycles. The van der Waals surface area contributed by atoms with E-state index in [0.717, 1.165) is 16.9 Å². The van der Waals surface area contributed by atoms with Crippen molar-refractivity contribution < 1.29 is 14.3 Å². The Bertz CT molecular complexity index is 1220. The van der Waals surface area contributed by atoms with Gasteiger partial charge >= 0.3 is 0 Å². The Morgan fingerprint density at radius 2 is 1.73 bits per heavy atom. The number of aryl methyl sites for hydroxylation is 1. The van der Waals surface area contributed by atoms with Gasteiger partial charge in [0.15, 0.2) is 5.17 Å². The molecule has 3 aromatic carbocycles. The van der Waals surface area contributed by atoms with E-state index in [1.54, 1.807) is 43.4 Å². The van der Waals surface area contributed by atoms with E-state index in [2.05, 4.69) is 36.2 Å². The first-order valence-corrected chi connectivity index (χ1v) is 11.7. The van der Waals surface area contributed by atoms with E-state index < -0.39 is 0 Å². The topological polar surface area (TPSA) is 51.1 Å². The molecule has 7 heteroatoms. The first kappa shape index (κ1) is 23.0. The monoisotopic (exact) mass is 478 g/mol. The lowest BCUT2D eigenvalue weighted by Crippen LogP contribution is -2.30. The number of anilines is 1. The second kappa shape index (κ2) is 10.1. The number of aliphatic imine (C=N–C) groups is 1. The average Bonchev–Trinajstić information content (AvgIpc) is 3.14. The molecule has 0 N–H and O–H groups in total. The summed E-state index contributed by atoms with van der Waals surface area (Å²) in [6, 6.07) is 21.1. The van der Waals surface area contributed by atoms with E-state index in [1.165, 1.54) is 17.3 Å². The third-order valence-electron chi connectivity index (χ3n) is 5.13. The van der Waals surface area contributed by atoms with Crippen molar-refractivity contribution in [3.63, 3.8) is 0 Å². The van der Waals surface area contributed by atoms with Crippen molar-refractivity contribution in [1.82, 2.24) is 0 Å². The van der Waals surface area contributed by atoms with E-state index in [0.29, 0.717) is 33.1 Å². The van der Waals surface area contributed by atoms with E-state index in [4.69, 9.17) is 21.1 Å². The van der Waals surface area contributed by atoms with Gasteiger partial charge in [0.05, 0.1) is 24.9 Å². The number of amides is 1. The van der Waals surface area contributed by atoms with Crippen molar-refractivity contribution in [2.75, 3.05) is 19.1 Å². The van der Waals surface area contributed by atoms with Gasteiger partial charge in [0.1, 0.15) is 17.2 Å².